The summed E-state index contributed by atoms with van der Waals surface area (Å²) in [4.78, 5) is 8.38. The molecule has 122 valence electrons. The number of nitrogens with one attached hydrogen (secondary N) is 1. The zero-order valence-corrected chi connectivity index (χ0v) is 12.7. The summed E-state index contributed by atoms with van der Waals surface area (Å²) in [6, 6.07) is 8.32. The van der Waals surface area contributed by atoms with Crippen molar-refractivity contribution in [3.63, 3.8) is 0 Å². The normalized spacial score (nSPS) is 16.3. The van der Waals surface area contributed by atoms with Crippen LogP contribution in [0.4, 0.5) is 16.2 Å². The number of hydrogen-bond donors (Lipinski definition) is 2. The van der Waals surface area contributed by atoms with E-state index in [9.17, 15) is 4.39 Å². The topological polar surface area (TPSA) is 90.9 Å². The summed E-state index contributed by atoms with van der Waals surface area (Å²) in [7, 11) is 0. The van der Waals surface area contributed by atoms with Gasteiger partial charge in [-0.15, -0.1) is 0 Å². The number of para-hydroxylation sites is 1. The fraction of sp³-hybridized carbons (Fsp3) is 0.188. The van der Waals surface area contributed by atoms with Gasteiger partial charge in [0.15, 0.2) is 17.4 Å². The van der Waals surface area contributed by atoms with Crippen LogP contribution in [0.2, 0.25) is 0 Å². The van der Waals surface area contributed by atoms with Crippen LogP contribution >= 0.6 is 0 Å². The zero-order valence-electron chi connectivity index (χ0n) is 12.7. The first kappa shape index (κ1) is 14.4. The molecule has 1 atom stereocenters. The summed E-state index contributed by atoms with van der Waals surface area (Å²) in [5, 5.41) is 7.43. The lowest BCUT2D eigenvalue weighted by molar-refractivity contribution is 0.260. The van der Waals surface area contributed by atoms with Crippen molar-refractivity contribution in [2.24, 2.45) is 0 Å². The molecule has 0 aliphatic carbocycles. The standard InChI is InChI=1S/C16H15FN6O/c17-11-4-1-3-10-12(5-8-24-15(10)11)20-13-9-14(22-16(18)21-13)23-7-2-6-19-23/h1-4,6-7,9,12H,5,8H2,(H3,18,20,21,22)/t12-/m0/s1. The van der Waals surface area contributed by atoms with Gasteiger partial charge in [0.05, 0.1) is 12.6 Å². The van der Waals surface area contributed by atoms with Crippen molar-refractivity contribution < 1.29 is 9.13 Å². The first-order valence-corrected chi connectivity index (χ1v) is 7.53. The van der Waals surface area contributed by atoms with Gasteiger partial charge in [-0.25, -0.2) is 9.07 Å². The quantitative estimate of drug-likeness (QED) is 0.767. The Kier molecular flexibility index (Phi) is 3.49. The van der Waals surface area contributed by atoms with Gasteiger partial charge in [0.25, 0.3) is 0 Å². The minimum absolute atomic E-state index is 0.121. The summed E-state index contributed by atoms with van der Waals surface area (Å²) in [5.74, 6) is 1.17. The van der Waals surface area contributed by atoms with Crippen molar-refractivity contribution in [1.82, 2.24) is 19.7 Å². The van der Waals surface area contributed by atoms with Crippen molar-refractivity contribution in [2.45, 2.75) is 12.5 Å². The van der Waals surface area contributed by atoms with E-state index >= 15 is 0 Å². The second kappa shape index (κ2) is 5.80. The Morgan fingerprint density at radius 1 is 1.29 bits per heavy atom. The van der Waals surface area contributed by atoms with E-state index in [1.54, 1.807) is 35.3 Å². The van der Waals surface area contributed by atoms with Gasteiger partial charge in [-0.05, 0) is 12.1 Å². The molecule has 4 rings (SSSR count). The van der Waals surface area contributed by atoms with Crippen LogP contribution in [0, 0.1) is 5.82 Å². The molecule has 7 nitrogen and oxygen atoms in total. The zero-order chi connectivity index (χ0) is 16.5. The van der Waals surface area contributed by atoms with E-state index in [0.29, 0.717) is 24.7 Å². The summed E-state index contributed by atoms with van der Waals surface area (Å²) in [6.45, 7) is 0.429. The third-order valence-electron chi connectivity index (χ3n) is 3.82. The van der Waals surface area contributed by atoms with Gasteiger partial charge in [0.1, 0.15) is 5.82 Å². The Balaban J connectivity index is 1.66. The molecule has 24 heavy (non-hydrogen) atoms. The van der Waals surface area contributed by atoms with Gasteiger partial charge in [-0.1, -0.05) is 12.1 Å². The number of aromatic nitrogens is 4. The fourth-order valence-electron chi connectivity index (χ4n) is 2.76. The third kappa shape index (κ3) is 2.62. The predicted molar refractivity (Wildman–Crippen MR) is 86.4 cm³/mol. The lowest BCUT2D eigenvalue weighted by atomic mass is 10.0. The van der Waals surface area contributed by atoms with Crippen molar-refractivity contribution in [2.75, 3.05) is 17.7 Å². The molecule has 3 aromatic rings. The Labute approximate surface area is 137 Å². The molecule has 8 heteroatoms. The SMILES string of the molecule is Nc1nc(N[C@H]2CCOc3c(F)cccc32)cc(-n2cccn2)n1. The minimum atomic E-state index is -0.363. The number of rotatable bonds is 3. The number of fused-ring (bicyclic) bond motifs is 1. The first-order valence-electron chi connectivity index (χ1n) is 7.53. The van der Waals surface area contributed by atoms with E-state index in [4.69, 9.17) is 10.5 Å². The number of nitrogen functional groups attached to an aromatic ring is 1. The average molecular weight is 326 g/mol. The lowest BCUT2D eigenvalue weighted by Crippen LogP contribution is -2.22. The molecular weight excluding hydrogens is 311 g/mol. The Hall–Kier alpha value is -3.16. The number of ether oxygens (including phenoxy) is 1. The fourth-order valence-corrected chi connectivity index (χ4v) is 2.76. The van der Waals surface area contributed by atoms with Gasteiger partial charge in [0.2, 0.25) is 5.95 Å². The monoisotopic (exact) mass is 326 g/mol. The molecule has 0 spiro atoms. The molecule has 2 aromatic heterocycles. The molecule has 3 N–H and O–H groups in total. The maximum absolute atomic E-state index is 13.9. The highest BCUT2D eigenvalue weighted by atomic mass is 19.1. The van der Waals surface area contributed by atoms with E-state index in [-0.39, 0.29) is 23.6 Å². The Morgan fingerprint density at radius 2 is 2.21 bits per heavy atom. The summed E-state index contributed by atoms with van der Waals surface area (Å²) < 4.78 is 20.9. The number of hydrogen-bond acceptors (Lipinski definition) is 6. The van der Waals surface area contributed by atoms with Gasteiger partial charge < -0.3 is 15.8 Å². The van der Waals surface area contributed by atoms with Crippen molar-refractivity contribution in [1.29, 1.82) is 0 Å². The van der Waals surface area contributed by atoms with Crippen molar-refractivity contribution >= 4 is 11.8 Å². The van der Waals surface area contributed by atoms with E-state index in [1.165, 1.54) is 6.07 Å². The molecule has 0 amide bonds. The highest BCUT2D eigenvalue weighted by molar-refractivity contribution is 5.49. The second-order valence-corrected chi connectivity index (χ2v) is 5.41. The lowest BCUT2D eigenvalue weighted by Gasteiger charge is -2.27. The van der Waals surface area contributed by atoms with Gasteiger partial charge in [-0.2, -0.15) is 15.1 Å². The number of anilines is 2. The van der Waals surface area contributed by atoms with E-state index in [1.807, 2.05) is 6.07 Å². The van der Waals surface area contributed by atoms with Crippen LogP contribution in [0.5, 0.6) is 5.75 Å². The molecule has 1 aliphatic rings. The van der Waals surface area contributed by atoms with Crippen LogP contribution in [0.1, 0.15) is 18.0 Å². The molecular formula is C16H15FN6O. The highest BCUT2D eigenvalue weighted by Gasteiger charge is 2.24. The molecule has 0 saturated carbocycles. The van der Waals surface area contributed by atoms with Crippen LogP contribution in [0.25, 0.3) is 5.82 Å². The maximum Gasteiger partial charge on any atom is 0.224 e. The summed E-state index contributed by atoms with van der Waals surface area (Å²) in [6.07, 6.45) is 4.12. The first-order chi connectivity index (χ1) is 11.7. The van der Waals surface area contributed by atoms with Gasteiger partial charge in [-0.3, -0.25) is 0 Å². The number of halogens is 1. The Bertz CT molecular complexity index is 867. The molecule has 0 unspecified atom stereocenters. The molecule has 1 aliphatic heterocycles. The van der Waals surface area contributed by atoms with Crippen molar-refractivity contribution in [3.8, 4) is 11.6 Å². The number of nitrogens with two attached hydrogens (primary N) is 1. The van der Waals surface area contributed by atoms with Crippen molar-refractivity contribution in [3.05, 3.63) is 54.1 Å². The highest BCUT2D eigenvalue weighted by Crippen LogP contribution is 2.35. The molecule has 1 aromatic carbocycles. The number of benzene rings is 1. The maximum atomic E-state index is 13.9. The number of nitrogens with zero attached hydrogens (tertiary/aromatic N) is 4. The van der Waals surface area contributed by atoms with E-state index < -0.39 is 0 Å². The predicted octanol–water partition coefficient (Wildman–Crippen LogP) is 2.32. The Morgan fingerprint density at radius 3 is 3.04 bits per heavy atom. The second-order valence-electron chi connectivity index (χ2n) is 5.41. The summed E-state index contributed by atoms with van der Waals surface area (Å²) >= 11 is 0. The molecule has 0 fully saturated rings. The molecule has 0 radical (unpaired) electrons. The van der Waals surface area contributed by atoms with Crippen LogP contribution in [-0.2, 0) is 0 Å². The van der Waals surface area contributed by atoms with Crippen LogP contribution in [0.3, 0.4) is 0 Å². The van der Waals surface area contributed by atoms with E-state index in [2.05, 4.69) is 20.4 Å². The molecule has 3 heterocycles. The van der Waals surface area contributed by atoms with Gasteiger partial charge in [0, 0.05) is 30.4 Å². The van der Waals surface area contributed by atoms with Crippen LogP contribution < -0.4 is 15.8 Å². The minimum Gasteiger partial charge on any atom is -0.490 e. The van der Waals surface area contributed by atoms with Crippen LogP contribution in [0.15, 0.2) is 42.7 Å². The average Bonchev–Trinajstić information content (AvgIpc) is 3.10. The van der Waals surface area contributed by atoms with E-state index in [0.717, 1.165) is 5.56 Å². The third-order valence-corrected chi connectivity index (χ3v) is 3.82. The van der Waals surface area contributed by atoms with Crippen LogP contribution in [-0.4, -0.2) is 26.4 Å². The largest absolute Gasteiger partial charge is 0.490 e. The molecule has 0 saturated heterocycles. The van der Waals surface area contributed by atoms with Gasteiger partial charge >= 0.3 is 0 Å². The smallest absolute Gasteiger partial charge is 0.224 e. The summed E-state index contributed by atoms with van der Waals surface area (Å²) in [5.41, 5.74) is 6.56. The molecule has 0 bridgehead atoms.